The average Bonchev–Trinajstić information content (AvgIpc) is 2.39. The Morgan fingerprint density at radius 1 is 1.20 bits per heavy atom. The van der Waals surface area contributed by atoms with Gasteiger partial charge >= 0.3 is 12.0 Å². The second kappa shape index (κ2) is 7.07. The van der Waals surface area contributed by atoms with Crippen molar-refractivity contribution in [2.45, 2.75) is 6.92 Å². The fourth-order valence-electron chi connectivity index (χ4n) is 1.31. The maximum Gasteiger partial charge on any atom is 0.322 e. The molecule has 108 valence electrons. The van der Waals surface area contributed by atoms with Gasteiger partial charge in [0.1, 0.15) is 12.4 Å². The van der Waals surface area contributed by atoms with Crippen molar-refractivity contribution in [1.82, 2.24) is 10.6 Å². The van der Waals surface area contributed by atoms with Crippen LogP contribution in [0.15, 0.2) is 18.2 Å². The average molecular weight is 283 g/mol. The fraction of sp³-hybridized carbons (Fsp3) is 0.250. The van der Waals surface area contributed by atoms with E-state index in [1.807, 2.05) is 0 Å². The van der Waals surface area contributed by atoms with Crippen molar-refractivity contribution in [1.29, 1.82) is 0 Å². The highest BCUT2D eigenvalue weighted by molar-refractivity contribution is 5.93. The third-order valence-electron chi connectivity index (χ3n) is 2.36. The SMILES string of the molecule is Cc1c(F)cccc1NC(=O)NCC(=O)NCC(=O)O. The summed E-state index contributed by atoms with van der Waals surface area (Å²) >= 11 is 0. The minimum atomic E-state index is -1.18. The molecular weight excluding hydrogens is 269 g/mol. The number of amides is 3. The topological polar surface area (TPSA) is 108 Å². The van der Waals surface area contributed by atoms with E-state index >= 15 is 0 Å². The number of hydrogen-bond acceptors (Lipinski definition) is 3. The molecular formula is C12H14FN3O4. The molecule has 0 fully saturated rings. The van der Waals surface area contributed by atoms with Crippen LogP contribution in [0.4, 0.5) is 14.9 Å². The third kappa shape index (κ3) is 4.92. The predicted octanol–water partition coefficient (Wildman–Crippen LogP) is 0.456. The predicted molar refractivity (Wildman–Crippen MR) is 68.8 cm³/mol. The molecule has 4 N–H and O–H groups in total. The summed E-state index contributed by atoms with van der Waals surface area (Å²) in [6.07, 6.45) is 0. The van der Waals surface area contributed by atoms with Crippen LogP contribution in [0.2, 0.25) is 0 Å². The number of benzene rings is 1. The number of carbonyl (C=O) groups is 3. The van der Waals surface area contributed by atoms with E-state index < -0.39 is 30.3 Å². The lowest BCUT2D eigenvalue weighted by Crippen LogP contribution is -2.40. The highest BCUT2D eigenvalue weighted by Gasteiger charge is 2.09. The van der Waals surface area contributed by atoms with Crippen LogP contribution in [-0.4, -0.2) is 36.1 Å². The van der Waals surface area contributed by atoms with E-state index in [-0.39, 0.29) is 17.8 Å². The number of rotatable bonds is 5. The normalized spacial score (nSPS) is 9.70. The van der Waals surface area contributed by atoms with E-state index in [0.717, 1.165) is 0 Å². The summed E-state index contributed by atoms with van der Waals surface area (Å²) in [7, 11) is 0. The minimum Gasteiger partial charge on any atom is -0.480 e. The van der Waals surface area contributed by atoms with E-state index in [2.05, 4.69) is 16.0 Å². The number of carbonyl (C=O) groups excluding carboxylic acids is 2. The Balaban J connectivity index is 2.42. The zero-order valence-corrected chi connectivity index (χ0v) is 10.7. The lowest BCUT2D eigenvalue weighted by molar-refractivity contribution is -0.137. The number of urea groups is 1. The van der Waals surface area contributed by atoms with Crippen LogP contribution in [0.25, 0.3) is 0 Å². The van der Waals surface area contributed by atoms with Crippen LogP contribution in [0.1, 0.15) is 5.56 Å². The lowest BCUT2D eigenvalue weighted by Gasteiger charge is -2.10. The fourth-order valence-corrected chi connectivity index (χ4v) is 1.31. The summed E-state index contributed by atoms with van der Waals surface area (Å²) in [5.74, 6) is -2.28. The van der Waals surface area contributed by atoms with Crippen LogP contribution in [0.5, 0.6) is 0 Å². The smallest absolute Gasteiger partial charge is 0.322 e. The zero-order chi connectivity index (χ0) is 15.1. The van der Waals surface area contributed by atoms with Crippen molar-refractivity contribution in [3.8, 4) is 0 Å². The van der Waals surface area contributed by atoms with E-state index in [9.17, 15) is 18.8 Å². The van der Waals surface area contributed by atoms with Gasteiger partial charge in [0.15, 0.2) is 0 Å². The van der Waals surface area contributed by atoms with Gasteiger partial charge < -0.3 is 21.1 Å². The standard InChI is InChI=1S/C12H14FN3O4/c1-7-8(13)3-2-4-9(7)16-12(20)15-5-10(17)14-6-11(18)19/h2-4H,5-6H2,1H3,(H,14,17)(H,18,19)(H2,15,16,20). The molecule has 7 nitrogen and oxygen atoms in total. The van der Waals surface area contributed by atoms with E-state index in [0.29, 0.717) is 0 Å². The van der Waals surface area contributed by atoms with Gasteiger partial charge in [-0.2, -0.15) is 0 Å². The van der Waals surface area contributed by atoms with Crippen LogP contribution in [-0.2, 0) is 9.59 Å². The second-order valence-corrected chi connectivity index (χ2v) is 3.89. The highest BCUT2D eigenvalue weighted by atomic mass is 19.1. The Bertz CT molecular complexity index is 533. The van der Waals surface area contributed by atoms with Crippen LogP contribution >= 0.6 is 0 Å². The van der Waals surface area contributed by atoms with Crippen LogP contribution in [0, 0.1) is 12.7 Å². The van der Waals surface area contributed by atoms with Gasteiger partial charge in [-0.25, -0.2) is 9.18 Å². The third-order valence-corrected chi connectivity index (χ3v) is 2.36. The molecule has 1 aromatic carbocycles. The first kappa shape index (κ1) is 15.4. The molecule has 3 amide bonds. The number of carboxylic acids is 1. The summed E-state index contributed by atoms with van der Waals surface area (Å²) in [6, 6.07) is 3.53. The molecule has 0 radical (unpaired) electrons. The number of nitrogens with one attached hydrogen (secondary N) is 3. The van der Waals surface area contributed by atoms with Crippen molar-refractivity contribution in [3.63, 3.8) is 0 Å². The van der Waals surface area contributed by atoms with Gasteiger partial charge in [-0.15, -0.1) is 0 Å². The Hall–Kier alpha value is -2.64. The van der Waals surface area contributed by atoms with Gasteiger partial charge in [-0.05, 0) is 19.1 Å². The first-order chi connectivity index (χ1) is 9.40. The molecule has 1 rings (SSSR count). The van der Waals surface area contributed by atoms with E-state index in [4.69, 9.17) is 5.11 Å². The molecule has 0 spiro atoms. The maximum absolute atomic E-state index is 13.2. The van der Waals surface area contributed by atoms with Crippen molar-refractivity contribution in [3.05, 3.63) is 29.6 Å². The van der Waals surface area contributed by atoms with Gasteiger partial charge in [0, 0.05) is 11.3 Å². The first-order valence-corrected chi connectivity index (χ1v) is 5.68. The van der Waals surface area contributed by atoms with Crippen LogP contribution in [0.3, 0.4) is 0 Å². The number of halogens is 1. The number of carboxylic acid groups (broad SMARTS) is 1. The quantitative estimate of drug-likeness (QED) is 0.629. The molecule has 20 heavy (non-hydrogen) atoms. The molecule has 0 unspecified atom stereocenters. The molecule has 0 saturated carbocycles. The molecule has 0 aromatic heterocycles. The first-order valence-electron chi connectivity index (χ1n) is 5.68. The summed E-state index contributed by atoms with van der Waals surface area (Å²) in [4.78, 5) is 32.8. The molecule has 1 aromatic rings. The minimum absolute atomic E-state index is 0.276. The lowest BCUT2D eigenvalue weighted by atomic mass is 10.2. The van der Waals surface area contributed by atoms with Crippen molar-refractivity contribution in [2.75, 3.05) is 18.4 Å². The Morgan fingerprint density at radius 3 is 2.55 bits per heavy atom. The molecule has 0 heterocycles. The van der Waals surface area contributed by atoms with Gasteiger partial charge in [-0.3, -0.25) is 9.59 Å². The zero-order valence-electron chi connectivity index (χ0n) is 10.7. The maximum atomic E-state index is 13.2. The van der Waals surface area contributed by atoms with Gasteiger partial charge in [0.25, 0.3) is 0 Å². The molecule has 0 aliphatic rings. The largest absolute Gasteiger partial charge is 0.480 e. The Morgan fingerprint density at radius 2 is 1.90 bits per heavy atom. The van der Waals surface area contributed by atoms with Crippen molar-refractivity contribution < 1.29 is 23.9 Å². The summed E-state index contributed by atoms with van der Waals surface area (Å²) < 4.78 is 13.2. The van der Waals surface area contributed by atoms with Gasteiger partial charge in [0.2, 0.25) is 5.91 Å². The summed E-state index contributed by atoms with van der Waals surface area (Å²) in [5, 5.41) is 15.0. The van der Waals surface area contributed by atoms with E-state index in [1.165, 1.54) is 25.1 Å². The molecule has 0 atom stereocenters. The van der Waals surface area contributed by atoms with Crippen molar-refractivity contribution in [2.24, 2.45) is 0 Å². The molecule has 0 aliphatic carbocycles. The molecule has 0 saturated heterocycles. The van der Waals surface area contributed by atoms with Crippen LogP contribution < -0.4 is 16.0 Å². The Labute approximate surface area is 114 Å². The van der Waals surface area contributed by atoms with Crippen molar-refractivity contribution >= 4 is 23.6 Å². The van der Waals surface area contributed by atoms with Gasteiger partial charge in [-0.1, -0.05) is 6.07 Å². The highest BCUT2D eigenvalue weighted by Crippen LogP contribution is 2.16. The molecule has 8 heteroatoms. The number of anilines is 1. The Kier molecular flexibility index (Phi) is 5.45. The van der Waals surface area contributed by atoms with Gasteiger partial charge in [0.05, 0.1) is 6.54 Å². The number of aliphatic carboxylic acids is 1. The second-order valence-electron chi connectivity index (χ2n) is 3.89. The summed E-state index contributed by atoms with van der Waals surface area (Å²) in [5.41, 5.74) is 0.562. The number of hydrogen-bond donors (Lipinski definition) is 4. The van der Waals surface area contributed by atoms with E-state index in [1.54, 1.807) is 0 Å². The molecule has 0 aliphatic heterocycles. The monoisotopic (exact) mass is 283 g/mol. The summed E-state index contributed by atoms with van der Waals surface area (Å²) in [6.45, 7) is 0.600. The molecule has 0 bridgehead atoms.